The van der Waals surface area contributed by atoms with Gasteiger partial charge in [0.2, 0.25) is 0 Å². The van der Waals surface area contributed by atoms with Gasteiger partial charge in [-0.15, -0.1) is 0 Å². The van der Waals surface area contributed by atoms with Crippen LogP contribution >= 0.6 is 15.9 Å². The van der Waals surface area contributed by atoms with Gasteiger partial charge in [0, 0.05) is 10.0 Å². The number of anilines is 1. The molecule has 0 bridgehead atoms. The molecule has 0 aliphatic carbocycles. The maximum Gasteiger partial charge on any atom is 0.262 e. The molecule has 1 amide bonds. The Morgan fingerprint density at radius 1 is 0.966 bits per heavy atom. The molecule has 0 saturated heterocycles. The Morgan fingerprint density at radius 3 is 2.34 bits per heavy atom. The SMILES string of the molecule is COc1ccc(C=C2C=C(c3ccccc3)N(c3ccc(C)cc3Br)C2=O)cc1. The zero-order valence-electron chi connectivity index (χ0n) is 16.2. The van der Waals surface area contributed by atoms with E-state index < -0.39 is 0 Å². The molecule has 0 saturated carbocycles. The van der Waals surface area contributed by atoms with Crippen molar-refractivity contribution in [2.75, 3.05) is 12.0 Å². The summed E-state index contributed by atoms with van der Waals surface area (Å²) >= 11 is 3.63. The van der Waals surface area contributed by atoms with E-state index in [0.29, 0.717) is 5.57 Å². The van der Waals surface area contributed by atoms with Gasteiger partial charge < -0.3 is 4.74 Å². The number of benzene rings is 3. The van der Waals surface area contributed by atoms with Crippen molar-refractivity contribution in [3.63, 3.8) is 0 Å². The molecule has 0 N–H and O–H groups in total. The van der Waals surface area contributed by atoms with E-state index in [1.807, 2.05) is 91.9 Å². The number of hydrogen-bond donors (Lipinski definition) is 0. The van der Waals surface area contributed by atoms with Crippen molar-refractivity contribution in [3.05, 3.63) is 106 Å². The van der Waals surface area contributed by atoms with E-state index >= 15 is 0 Å². The van der Waals surface area contributed by atoms with Gasteiger partial charge in [-0.2, -0.15) is 0 Å². The van der Waals surface area contributed by atoms with Gasteiger partial charge in [0.15, 0.2) is 0 Å². The predicted molar refractivity (Wildman–Crippen MR) is 122 cm³/mol. The van der Waals surface area contributed by atoms with Gasteiger partial charge in [-0.1, -0.05) is 48.5 Å². The zero-order chi connectivity index (χ0) is 20.4. The normalized spacial score (nSPS) is 15.0. The van der Waals surface area contributed by atoms with Crippen molar-refractivity contribution in [1.29, 1.82) is 0 Å². The number of halogens is 1. The number of nitrogens with zero attached hydrogens (tertiary/aromatic N) is 1. The Bertz CT molecular complexity index is 1120. The molecule has 29 heavy (non-hydrogen) atoms. The molecule has 0 radical (unpaired) electrons. The molecule has 0 fully saturated rings. The van der Waals surface area contributed by atoms with Crippen LogP contribution in [-0.2, 0) is 4.79 Å². The molecule has 0 aromatic heterocycles. The number of carbonyl (C=O) groups excluding carboxylic acids is 1. The van der Waals surface area contributed by atoms with E-state index in [-0.39, 0.29) is 5.91 Å². The molecule has 3 aromatic carbocycles. The first-order valence-corrected chi connectivity index (χ1v) is 10.1. The van der Waals surface area contributed by atoms with E-state index in [9.17, 15) is 4.79 Å². The van der Waals surface area contributed by atoms with Crippen LogP contribution in [0, 0.1) is 6.92 Å². The molecule has 3 aromatic rings. The molecular formula is C25H20BrNO2. The highest BCUT2D eigenvalue weighted by Crippen LogP contribution is 2.39. The summed E-state index contributed by atoms with van der Waals surface area (Å²) in [6, 6.07) is 23.7. The van der Waals surface area contributed by atoms with E-state index in [1.165, 1.54) is 0 Å². The maximum atomic E-state index is 13.4. The van der Waals surface area contributed by atoms with Gasteiger partial charge in [-0.3, -0.25) is 9.69 Å². The van der Waals surface area contributed by atoms with Crippen molar-refractivity contribution < 1.29 is 9.53 Å². The van der Waals surface area contributed by atoms with E-state index in [4.69, 9.17) is 4.74 Å². The summed E-state index contributed by atoms with van der Waals surface area (Å²) in [5.74, 6) is 0.736. The topological polar surface area (TPSA) is 29.5 Å². The molecule has 4 heteroatoms. The molecule has 4 rings (SSSR count). The lowest BCUT2D eigenvalue weighted by molar-refractivity contribution is -0.113. The van der Waals surface area contributed by atoms with E-state index in [2.05, 4.69) is 15.9 Å². The second kappa shape index (κ2) is 8.10. The predicted octanol–water partition coefficient (Wildman–Crippen LogP) is 6.24. The lowest BCUT2D eigenvalue weighted by Gasteiger charge is -2.22. The fourth-order valence-electron chi connectivity index (χ4n) is 3.35. The summed E-state index contributed by atoms with van der Waals surface area (Å²) in [4.78, 5) is 15.2. The third-order valence-electron chi connectivity index (χ3n) is 4.83. The van der Waals surface area contributed by atoms with Gasteiger partial charge in [0.05, 0.1) is 18.5 Å². The van der Waals surface area contributed by atoms with Crippen LogP contribution in [-0.4, -0.2) is 13.0 Å². The number of hydrogen-bond acceptors (Lipinski definition) is 2. The van der Waals surface area contributed by atoms with Crippen molar-refractivity contribution in [2.24, 2.45) is 0 Å². The first-order valence-electron chi connectivity index (χ1n) is 9.30. The van der Waals surface area contributed by atoms with Crippen LogP contribution in [0.5, 0.6) is 5.75 Å². The highest BCUT2D eigenvalue weighted by Gasteiger charge is 2.31. The second-order valence-electron chi connectivity index (χ2n) is 6.86. The highest BCUT2D eigenvalue weighted by atomic mass is 79.9. The van der Waals surface area contributed by atoms with Crippen LogP contribution in [0.2, 0.25) is 0 Å². The van der Waals surface area contributed by atoms with Gasteiger partial charge in [-0.25, -0.2) is 0 Å². The van der Waals surface area contributed by atoms with Crippen molar-refractivity contribution in [1.82, 2.24) is 0 Å². The minimum atomic E-state index is -0.0516. The quantitative estimate of drug-likeness (QED) is 0.444. The Balaban J connectivity index is 1.81. The van der Waals surface area contributed by atoms with Gasteiger partial charge in [-0.05, 0) is 76.0 Å². The molecule has 0 atom stereocenters. The number of aryl methyl sites for hydroxylation is 1. The summed E-state index contributed by atoms with van der Waals surface area (Å²) in [5, 5.41) is 0. The number of carbonyl (C=O) groups is 1. The standard InChI is InChI=1S/C25H20BrNO2/c1-17-8-13-23(22(26)14-17)27-24(19-6-4-3-5-7-19)16-20(25(27)28)15-18-9-11-21(29-2)12-10-18/h3-16H,1-2H3. The largest absolute Gasteiger partial charge is 0.497 e. The maximum absolute atomic E-state index is 13.4. The molecule has 3 nitrogen and oxygen atoms in total. The summed E-state index contributed by atoms with van der Waals surface area (Å²) in [7, 11) is 1.64. The Morgan fingerprint density at radius 2 is 1.69 bits per heavy atom. The third-order valence-corrected chi connectivity index (χ3v) is 5.47. The van der Waals surface area contributed by atoms with Crippen LogP contribution in [0.3, 0.4) is 0 Å². The third kappa shape index (κ3) is 3.89. The summed E-state index contributed by atoms with van der Waals surface area (Å²) in [6.45, 7) is 2.03. The second-order valence-corrected chi connectivity index (χ2v) is 7.72. The molecule has 0 spiro atoms. The van der Waals surface area contributed by atoms with Gasteiger partial charge in [0.25, 0.3) is 5.91 Å². The fourth-order valence-corrected chi connectivity index (χ4v) is 4.02. The minimum absolute atomic E-state index is 0.0516. The molecule has 1 aliphatic heterocycles. The van der Waals surface area contributed by atoms with E-state index in [1.54, 1.807) is 12.0 Å². The van der Waals surface area contributed by atoms with Gasteiger partial charge in [0.1, 0.15) is 5.75 Å². The van der Waals surface area contributed by atoms with Crippen LogP contribution < -0.4 is 9.64 Å². The van der Waals surface area contributed by atoms with Gasteiger partial charge >= 0.3 is 0 Å². The average Bonchev–Trinajstić information content (AvgIpc) is 3.05. The Labute approximate surface area is 179 Å². The molecule has 0 unspecified atom stereocenters. The minimum Gasteiger partial charge on any atom is -0.497 e. The lowest BCUT2D eigenvalue weighted by atomic mass is 10.1. The van der Waals surface area contributed by atoms with Crippen molar-refractivity contribution in [2.45, 2.75) is 6.92 Å². The first kappa shape index (κ1) is 19.2. The number of amides is 1. The molecule has 144 valence electrons. The number of ether oxygens (including phenoxy) is 1. The van der Waals surface area contributed by atoms with Crippen molar-refractivity contribution in [3.8, 4) is 5.75 Å². The van der Waals surface area contributed by atoms with E-state index in [0.717, 1.165) is 38.3 Å². The summed E-state index contributed by atoms with van der Waals surface area (Å²) in [5.41, 5.74) is 5.40. The van der Waals surface area contributed by atoms with Crippen LogP contribution in [0.1, 0.15) is 16.7 Å². The van der Waals surface area contributed by atoms with Crippen LogP contribution in [0.25, 0.3) is 11.8 Å². The molecular weight excluding hydrogens is 426 g/mol. The number of rotatable bonds is 4. The lowest BCUT2D eigenvalue weighted by Crippen LogP contribution is -2.25. The molecule has 1 aliphatic rings. The highest BCUT2D eigenvalue weighted by molar-refractivity contribution is 9.10. The number of methoxy groups -OCH3 is 1. The molecule has 1 heterocycles. The zero-order valence-corrected chi connectivity index (χ0v) is 17.8. The monoisotopic (exact) mass is 445 g/mol. The first-order chi connectivity index (χ1) is 14.1. The Kier molecular flexibility index (Phi) is 5.36. The van der Waals surface area contributed by atoms with Crippen LogP contribution in [0.15, 0.2) is 88.9 Å². The fraction of sp³-hybridized carbons (Fsp3) is 0.0800. The Hall–Kier alpha value is -3.11. The average molecular weight is 446 g/mol. The smallest absolute Gasteiger partial charge is 0.262 e. The summed E-state index contributed by atoms with van der Waals surface area (Å²) < 4.78 is 6.11. The van der Waals surface area contributed by atoms with Crippen molar-refractivity contribution >= 4 is 39.3 Å². The van der Waals surface area contributed by atoms with Crippen LogP contribution in [0.4, 0.5) is 5.69 Å². The summed E-state index contributed by atoms with van der Waals surface area (Å²) in [6.07, 6.45) is 3.86.